The van der Waals surface area contributed by atoms with Crippen LogP contribution in [-0.4, -0.2) is 45.0 Å². The predicted molar refractivity (Wildman–Crippen MR) is 79.5 cm³/mol. The summed E-state index contributed by atoms with van der Waals surface area (Å²) in [4.78, 5) is 25.3. The van der Waals surface area contributed by atoms with Gasteiger partial charge in [-0.25, -0.2) is 8.42 Å². The van der Waals surface area contributed by atoms with Crippen LogP contribution in [0.1, 0.15) is 12.0 Å². The van der Waals surface area contributed by atoms with E-state index >= 15 is 0 Å². The van der Waals surface area contributed by atoms with Crippen molar-refractivity contribution in [1.29, 1.82) is 0 Å². The molecule has 0 spiro atoms. The minimum absolute atomic E-state index is 0.0253. The number of hydrogen-bond acceptors (Lipinski definition) is 5. The second-order valence-corrected chi connectivity index (χ2v) is 7.01. The molecule has 0 aliphatic carbocycles. The zero-order valence-corrected chi connectivity index (χ0v) is 13.2. The number of methoxy groups -OCH3 is 1. The zero-order valence-electron chi connectivity index (χ0n) is 12.4. The number of carbonyl (C=O) groups is 2. The van der Waals surface area contributed by atoms with Crippen molar-refractivity contribution >= 4 is 21.8 Å². The van der Waals surface area contributed by atoms with Gasteiger partial charge in [-0.3, -0.25) is 14.3 Å². The maximum absolute atomic E-state index is 12.0. The standard InChI is InChI=1S/C14H18N2O5S/c1-21-12-5-3-10(4-6-12)8-16-9-11(7-13(16)17)14(18)15-22(2,19)20/h3-6,11H,7-9H2,1-2H3,(H,15,18). The molecule has 1 aliphatic rings. The molecule has 0 saturated carbocycles. The van der Waals surface area contributed by atoms with E-state index in [9.17, 15) is 18.0 Å². The molecule has 1 aromatic rings. The van der Waals surface area contributed by atoms with Crippen molar-refractivity contribution in [2.45, 2.75) is 13.0 Å². The summed E-state index contributed by atoms with van der Waals surface area (Å²) in [6.45, 7) is 0.595. The van der Waals surface area contributed by atoms with Crippen molar-refractivity contribution < 1.29 is 22.7 Å². The van der Waals surface area contributed by atoms with Gasteiger partial charge in [-0.2, -0.15) is 0 Å². The molecule has 1 unspecified atom stereocenters. The van der Waals surface area contributed by atoms with Gasteiger partial charge in [0, 0.05) is 19.5 Å². The first kappa shape index (κ1) is 16.3. The van der Waals surface area contributed by atoms with Gasteiger partial charge in [-0.05, 0) is 17.7 Å². The summed E-state index contributed by atoms with van der Waals surface area (Å²) in [6.07, 6.45) is 0.939. The Hall–Kier alpha value is -2.09. The molecule has 1 heterocycles. The van der Waals surface area contributed by atoms with Gasteiger partial charge >= 0.3 is 0 Å². The Labute approximate surface area is 129 Å². The Balaban J connectivity index is 1.98. The van der Waals surface area contributed by atoms with Crippen LogP contribution in [0.15, 0.2) is 24.3 Å². The molecule has 1 fully saturated rings. The Morgan fingerprint density at radius 2 is 2.00 bits per heavy atom. The van der Waals surface area contributed by atoms with Crippen LogP contribution in [0.4, 0.5) is 0 Å². The zero-order chi connectivity index (χ0) is 16.3. The summed E-state index contributed by atoms with van der Waals surface area (Å²) >= 11 is 0. The molecule has 1 saturated heterocycles. The number of likely N-dealkylation sites (tertiary alicyclic amines) is 1. The fourth-order valence-electron chi connectivity index (χ4n) is 2.32. The highest BCUT2D eigenvalue weighted by Crippen LogP contribution is 2.21. The molecular formula is C14H18N2O5S. The van der Waals surface area contributed by atoms with Gasteiger partial charge in [0.1, 0.15) is 5.75 Å². The van der Waals surface area contributed by atoms with E-state index in [-0.39, 0.29) is 18.9 Å². The van der Waals surface area contributed by atoms with Crippen molar-refractivity contribution in [2.24, 2.45) is 5.92 Å². The molecule has 1 aromatic carbocycles. The third-order valence-corrected chi connectivity index (χ3v) is 3.98. The van der Waals surface area contributed by atoms with Gasteiger partial charge in [0.05, 0.1) is 19.3 Å². The van der Waals surface area contributed by atoms with E-state index in [0.29, 0.717) is 6.54 Å². The molecule has 0 bridgehead atoms. The summed E-state index contributed by atoms with van der Waals surface area (Å²) < 4.78 is 29.1. The van der Waals surface area contributed by atoms with Crippen LogP contribution in [0.25, 0.3) is 0 Å². The van der Waals surface area contributed by atoms with E-state index in [4.69, 9.17) is 4.74 Å². The maximum atomic E-state index is 12.0. The number of amides is 2. The summed E-state index contributed by atoms with van der Waals surface area (Å²) in [6, 6.07) is 7.28. The number of ether oxygens (including phenoxy) is 1. The second-order valence-electron chi connectivity index (χ2n) is 5.26. The van der Waals surface area contributed by atoms with Crippen LogP contribution in [0.3, 0.4) is 0 Å². The molecule has 1 N–H and O–H groups in total. The van der Waals surface area contributed by atoms with E-state index in [2.05, 4.69) is 0 Å². The number of rotatable bonds is 5. The molecule has 1 atom stereocenters. The Kier molecular flexibility index (Phi) is 4.70. The number of nitrogens with one attached hydrogen (secondary N) is 1. The van der Waals surface area contributed by atoms with Crippen LogP contribution in [-0.2, 0) is 26.2 Å². The molecule has 0 aromatic heterocycles. The summed E-state index contributed by atoms with van der Waals surface area (Å²) in [5.74, 6) is -0.708. The third-order valence-electron chi connectivity index (χ3n) is 3.40. The lowest BCUT2D eigenvalue weighted by atomic mass is 10.1. The van der Waals surface area contributed by atoms with Gasteiger partial charge in [0.2, 0.25) is 21.8 Å². The van der Waals surface area contributed by atoms with E-state index < -0.39 is 21.8 Å². The molecule has 2 amide bonds. The van der Waals surface area contributed by atoms with Crippen molar-refractivity contribution in [3.05, 3.63) is 29.8 Å². The average Bonchev–Trinajstić information content (AvgIpc) is 2.79. The first-order valence-corrected chi connectivity index (χ1v) is 8.60. The highest BCUT2D eigenvalue weighted by molar-refractivity contribution is 7.89. The summed E-state index contributed by atoms with van der Waals surface area (Å²) in [7, 11) is -2.03. The van der Waals surface area contributed by atoms with Gasteiger partial charge in [0.15, 0.2) is 0 Å². The Morgan fingerprint density at radius 3 is 2.55 bits per heavy atom. The highest BCUT2D eigenvalue weighted by atomic mass is 32.2. The largest absolute Gasteiger partial charge is 0.497 e. The number of hydrogen-bond donors (Lipinski definition) is 1. The van der Waals surface area contributed by atoms with E-state index in [1.807, 2.05) is 16.9 Å². The fourth-order valence-corrected chi connectivity index (χ4v) is 2.85. The molecule has 1 aliphatic heterocycles. The van der Waals surface area contributed by atoms with Gasteiger partial charge in [-0.15, -0.1) is 0 Å². The Bertz CT molecular complexity index is 669. The molecule has 2 rings (SSSR count). The second kappa shape index (κ2) is 6.35. The van der Waals surface area contributed by atoms with Crippen molar-refractivity contribution in [1.82, 2.24) is 9.62 Å². The minimum Gasteiger partial charge on any atom is -0.497 e. The van der Waals surface area contributed by atoms with Crippen molar-refractivity contribution in [2.75, 3.05) is 19.9 Å². The first-order valence-electron chi connectivity index (χ1n) is 6.71. The van der Waals surface area contributed by atoms with Gasteiger partial charge < -0.3 is 9.64 Å². The van der Waals surface area contributed by atoms with Gasteiger partial charge in [-0.1, -0.05) is 12.1 Å². The van der Waals surface area contributed by atoms with Crippen LogP contribution in [0.2, 0.25) is 0 Å². The molecule has 7 nitrogen and oxygen atoms in total. The monoisotopic (exact) mass is 326 g/mol. The van der Waals surface area contributed by atoms with Crippen molar-refractivity contribution in [3.63, 3.8) is 0 Å². The lowest BCUT2D eigenvalue weighted by molar-refractivity contribution is -0.129. The summed E-state index contributed by atoms with van der Waals surface area (Å²) in [5, 5.41) is 0. The molecule has 120 valence electrons. The van der Waals surface area contributed by atoms with Crippen LogP contribution in [0.5, 0.6) is 5.75 Å². The smallest absolute Gasteiger partial charge is 0.238 e. The van der Waals surface area contributed by atoms with E-state index in [1.165, 1.54) is 0 Å². The maximum Gasteiger partial charge on any atom is 0.238 e. The summed E-state index contributed by atoms with van der Waals surface area (Å²) in [5.41, 5.74) is 0.915. The number of benzene rings is 1. The highest BCUT2D eigenvalue weighted by Gasteiger charge is 2.35. The third kappa shape index (κ3) is 4.20. The lowest BCUT2D eigenvalue weighted by Gasteiger charge is -2.16. The van der Waals surface area contributed by atoms with E-state index in [1.54, 1.807) is 24.1 Å². The molecule has 22 heavy (non-hydrogen) atoms. The molecular weight excluding hydrogens is 308 g/mol. The molecule has 8 heteroatoms. The molecule has 0 radical (unpaired) electrons. The number of carbonyl (C=O) groups excluding carboxylic acids is 2. The lowest BCUT2D eigenvalue weighted by Crippen LogP contribution is -2.36. The number of nitrogens with zero attached hydrogens (tertiary/aromatic N) is 1. The van der Waals surface area contributed by atoms with Crippen LogP contribution < -0.4 is 9.46 Å². The predicted octanol–water partition coefficient (Wildman–Crippen LogP) is 0.120. The fraction of sp³-hybridized carbons (Fsp3) is 0.429. The SMILES string of the molecule is COc1ccc(CN2CC(C(=O)NS(C)(=O)=O)CC2=O)cc1. The quantitative estimate of drug-likeness (QED) is 0.829. The first-order chi connectivity index (χ1) is 10.3. The van der Waals surface area contributed by atoms with Crippen LogP contribution >= 0.6 is 0 Å². The van der Waals surface area contributed by atoms with Gasteiger partial charge in [0.25, 0.3) is 0 Å². The minimum atomic E-state index is -3.61. The normalized spacial score (nSPS) is 18.4. The average molecular weight is 326 g/mol. The van der Waals surface area contributed by atoms with Crippen molar-refractivity contribution in [3.8, 4) is 5.75 Å². The number of sulfonamides is 1. The van der Waals surface area contributed by atoms with Crippen LogP contribution in [0, 0.1) is 5.92 Å². The van der Waals surface area contributed by atoms with E-state index in [0.717, 1.165) is 17.6 Å². The topological polar surface area (TPSA) is 92.8 Å². The Morgan fingerprint density at radius 1 is 1.36 bits per heavy atom.